The van der Waals surface area contributed by atoms with Crippen LogP contribution in [0.15, 0.2) is 91.1 Å². The number of benzene rings is 3. The maximum Gasteiger partial charge on any atom is 0.246 e. The second-order valence-electron chi connectivity index (χ2n) is 8.20. The summed E-state index contributed by atoms with van der Waals surface area (Å²) in [6, 6.07) is 25.6. The molecule has 0 radical (unpaired) electrons. The lowest BCUT2D eigenvalue weighted by Gasteiger charge is -2.15. The Balaban J connectivity index is 1.59. The number of nitrogens with zero attached hydrogens (tertiary/aromatic N) is 3. The van der Waals surface area contributed by atoms with E-state index in [2.05, 4.69) is 12.1 Å². The standard InChI is InChI=1S/C29H29N3O3/c1-31(19-23-12-9-13-25(18-23)34-2)28(33)17-16-24-21-32(20-22-10-5-4-6-11-22)30-29(24)26-14-7-8-15-27(26)35-3/h4-18,21H,19-20H2,1-3H3/b17-16+. The van der Waals surface area contributed by atoms with Crippen LogP contribution in [0.3, 0.4) is 0 Å². The van der Waals surface area contributed by atoms with Crippen molar-refractivity contribution in [1.82, 2.24) is 14.7 Å². The molecule has 0 fully saturated rings. The van der Waals surface area contributed by atoms with Crippen molar-refractivity contribution >= 4 is 12.0 Å². The normalized spacial score (nSPS) is 10.9. The fraction of sp³-hybridized carbons (Fsp3) is 0.172. The van der Waals surface area contributed by atoms with E-state index in [9.17, 15) is 4.79 Å². The number of hydrogen-bond acceptors (Lipinski definition) is 4. The van der Waals surface area contributed by atoms with Crippen LogP contribution >= 0.6 is 0 Å². The SMILES string of the molecule is COc1cccc(CN(C)C(=O)/C=C/c2cn(Cc3ccccc3)nc2-c2ccccc2OC)c1. The number of carbonyl (C=O) groups is 1. The van der Waals surface area contributed by atoms with E-state index in [0.717, 1.165) is 39.4 Å². The first kappa shape index (κ1) is 23.8. The van der Waals surface area contributed by atoms with E-state index in [-0.39, 0.29) is 5.91 Å². The zero-order valence-corrected chi connectivity index (χ0v) is 20.2. The molecule has 3 aromatic carbocycles. The molecule has 0 aliphatic rings. The van der Waals surface area contributed by atoms with Gasteiger partial charge in [-0.1, -0.05) is 54.6 Å². The van der Waals surface area contributed by atoms with Crippen LogP contribution in [0.5, 0.6) is 11.5 Å². The summed E-state index contributed by atoms with van der Waals surface area (Å²) in [6.07, 6.45) is 5.37. The number of likely N-dealkylation sites (N-methyl/N-ethyl adjacent to an activating group) is 1. The van der Waals surface area contributed by atoms with Crippen molar-refractivity contribution in [3.05, 3.63) is 108 Å². The summed E-state index contributed by atoms with van der Waals surface area (Å²) in [7, 11) is 5.06. The van der Waals surface area contributed by atoms with Crippen molar-refractivity contribution < 1.29 is 14.3 Å². The summed E-state index contributed by atoms with van der Waals surface area (Å²) in [5, 5.41) is 4.84. The Bertz CT molecular complexity index is 1310. The fourth-order valence-electron chi connectivity index (χ4n) is 3.87. The van der Waals surface area contributed by atoms with Crippen LogP contribution in [0.2, 0.25) is 0 Å². The minimum absolute atomic E-state index is 0.102. The van der Waals surface area contributed by atoms with Gasteiger partial charge in [-0.3, -0.25) is 9.48 Å². The Morgan fingerprint density at radius 2 is 1.69 bits per heavy atom. The van der Waals surface area contributed by atoms with Gasteiger partial charge in [0.2, 0.25) is 5.91 Å². The number of carbonyl (C=O) groups excluding carboxylic acids is 1. The summed E-state index contributed by atoms with van der Waals surface area (Å²) in [4.78, 5) is 14.6. The molecule has 6 nitrogen and oxygen atoms in total. The molecular weight excluding hydrogens is 438 g/mol. The number of rotatable bonds is 9. The van der Waals surface area contributed by atoms with E-state index < -0.39 is 0 Å². The van der Waals surface area contributed by atoms with Crippen molar-refractivity contribution in [3.8, 4) is 22.8 Å². The summed E-state index contributed by atoms with van der Waals surface area (Å²) in [6.45, 7) is 1.10. The van der Waals surface area contributed by atoms with E-state index in [0.29, 0.717) is 13.1 Å². The lowest BCUT2D eigenvalue weighted by atomic mass is 10.1. The molecule has 0 saturated carbocycles. The predicted octanol–water partition coefficient (Wildman–Crippen LogP) is 5.29. The molecule has 178 valence electrons. The molecule has 6 heteroatoms. The summed E-state index contributed by atoms with van der Waals surface area (Å²) < 4.78 is 12.7. The first-order valence-electron chi connectivity index (χ1n) is 11.4. The van der Waals surface area contributed by atoms with Gasteiger partial charge >= 0.3 is 0 Å². The summed E-state index contributed by atoms with van der Waals surface area (Å²) in [5.41, 5.74) is 4.62. The maximum absolute atomic E-state index is 12.9. The molecule has 4 rings (SSSR count). The molecule has 0 saturated heterocycles. The van der Waals surface area contributed by atoms with Gasteiger partial charge in [0, 0.05) is 37.0 Å². The first-order valence-corrected chi connectivity index (χ1v) is 11.4. The first-order chi connectivity index (χ1) is 17.1. The van der Waals surface area contributed by atoms with Gasteiger partial charge in [0.05, 0.1) is 20.8 Å². The van der Waals surface area contributed by atoms with E-state index in [1.165, 1.54) is 0 Å². The van der Waals surface area contributed by atoms with E-state index >= 15 is 0 Å². The minimum atomic E-state index is -0.102. The van der Waals surface area contributed by atoms with Gasteiger partial charge in [0.25, 0.3) is 0 Å². The Labute approximate surface area is 206 Å². The maximum atomic E-state index is 12.9. The van der Waals surface area contributed by atoms with Crippen molar-refractivity contribution in [3.63, 3.8) is 0 Å². The quantitative estimate of drug-likeness (QED) is 0.314. The van der Waals surface area contributed by atoms with Gasteiger partial charge in [0.15, 0.2) is 0 Å². The Hall–Kier alpha value is -4.32. The van der Waals surface area contributed by atoms with Crippen LogP contribution in [-0.2, 0) is 17.9 Å². The summed E-state index contributed by atoms with van der Waals surface area (Å²) >= 11 is 0. The average Bonchev–Trinajstić information content (AvgIpc) is 3.30. The van der Waals surface area contributed by atoms with E-state index in [1.54, 1.807) is 32.2 Å². The molecule has 1 heterocycles. The Morgan fingerprint density at radius 3 is 2.46 bits per heavy atom. The second-order valence-corrected chi connectivity index (χ2v) is 8.20. The predicted molar refractivity (Wildman–Crippen MR) is 138 cm³/mol. The molecule has 4 aromatic rings. The minimum Gasteiger partial charge on any atom is -0.497 e. The Kier molecular flexibility index (Phi) is 7.63. The van der Waals surface area contributed by atoms with E-state index in [4.69, 9.17) is 14.6 Å². The van der Waals surface area contributed by atoms with Crippen molar-refractivity contribution in [1.29, 1.82) is 0 Å². The molecule has 0 spiro atoms. The highest BCUT2D eigenvalue weighted by Crippen LogP contribution is 2.32. The zero-order chi connectivity index (χ0) is 24.6. The number of amides is 1. The number of hydrogen-bond donors (Lipinski definition) is 0. The van der Waals surface area contributed by atoms with Gasteiger partial charge in [0.1, 0.15) is 17.2 Å². The monoisotopic (exact) mass is 467 g/mol. The third kappa shape index (κ3) is 5.98. The largest absolute Gasteiger partial charge is 0.497 e. The highest BCUT2D eigenvalue weighted by atomic mass is 16.5. The van der Waals surface area contributed by atoms with Gasteiger partial charge in [-0.2, -0.15) is 5.10 Å². The fourth-order valence-corrected chi connectivity index (χ4v) is 3.87. The van der Waals surface area contributed by atoms with Gasteiger partial charge in [-0.25, -0.2) is 0 Å². The summed E-state index contributed by atoms with van der Waals surface area (Å²) in [5.74, 6) is 1.40. The molecule has 0 aliphatic heterocycles. The third-order valence-electron chi connectivity index (χ3n) is 5.68. The van der Waals surface area contributed by atoms with Crippen molar-refractivity contribution in [2.24, 2.45) is 0 Å². The molecule has 0 aliphatic carbocycles. The smallest absolute Gasteiger partial charge is 0.246 e. The molecule has 0 atom stereocenters. The lowest BCUT2D eigenvalue weighted by Crippen LogP contribution is -2.24. The van der Waals surface area contributed by atoms with E-state index in [1.807, 2.05) is 83.7 Å². The molecule has 35 heavy (non-hydrogen) atoms. The van der Waals surface area contributed by atoms with Crippen LogP contribution in [0.4, 0.5) is 0 Å². The second kappa shape index (κ2) is 11.2. The highest BCUT2D eigenvalue weighted by molar-refractivity contribution is 5.93. The molecule has 1 aromatic heterocycles. The molecular formula is C29H29N3O3. The van der Waals surface area contributed by atoms with Crippen LogP contribution in [0.25, 0.3) is 17.3 Å². The van der Waals surface area contributed by atoms with Gasteiger partial charge in [-0.05, 0) is 41.5 Å². The number of para-hydroxylation sites is 1. The van der Waals surface area contributed by atoms with Gasteiger partial charge in [-0.15, -0.1) is 0 Å². The van der Waals surface area contributed by atoms with Crippen molar-refractivity contribution in [2.75, 3.05) is 21.3 Å². The average molecular weight is 468 g/mol. The number of ether oxygens (including phenoxy) is 2. The molecule has 0 N–H and O–H groups in total. The topological polar surface area (TPSA) is 56.6 Å². The van der Waals surface area contributed by atoms with Gasteiger partial charge < -0.3 is 14.4 Å². The third-order valence-corrected chi connectivity index (χ3v) is 5.68. The molecule has 1 amide bonds. The highest BCUT2D eigenvalue weighted by Gasteiger charge is 2.15. The number of methoxy groups -OCH3 is 2. The molecule has 0 bridgehead atoms. The van der Waals surface area contributed by atoms with Crippen LogP contribution < -0.4 is 9.47 Å². The van der Waals surface area contributed by atoms with Crippen LogP contribution in [-0.4, -0.2) is 41.9 Å². The Morgan fingerprint density at radius 1 is 0.943 bits per heavy atom. The molecule has 0 unspecified atom stereocenters. The number of aromatic nitrogens is 2. The van der Waals surface area contributed by atoms with Crippen LogP contribution in [0, 0.1) is 0 Å². The lowest BCUT2D eigenvalue weighted by molar-refractivity contribution is -0.125. The van der Waals surface area contributed by atoms with Crippen molar-refractivity contribution in [2.45, 2.75) is 13.1 Å². The zero-order valence-electron chi connectivity index (χ0n) is 20.2. The van der Waals surface area contributed by atoms with Crippen LogP contribution in [0.1, 0.15) is 16.7 Å².